The maximum Gasteiger partial charge on any atom is 0.347 e. The molecule has 0 aromatic carbocycles. The monoisotopic (exact) mass is 326 g/mol. The zero-order valence-electron chi connectivity index (χ0n) is 14.4. The molecule has 0 saturated carbocycles. The van der Waals surface area contributed by atoms with Crippen molar-refractivity contribution in [1.29, 1.82) is 0 Å². The Morgan fingerprint density at radius 1 is 1.29 bits per heavy atom. The maximum atomic E-state index is 11.9. The van der Waals surface area contributed by atoms with Crippen LogP contribution in [0.5, 0.6) is 0 Å². The first-order valence-corrected chi connectivity index (χ1v) is 7.98. The number of aromatic nitrogens is 5. The molecule has 0 amide bonds. The Kier molecular flexibility index (Phi) is 4.09. The number of aromatic amines is 1. The number of rotatable bonds is 4. The molecule has 3 heterocycles. The average molecular weight is 326 g/mol. The van der Waals surface area contributed by atoms with Crippen LogP contribution in [0.3, 0.4) is 0 Å². The number of aryl methyl sites for hydroxylation is 1. The second kappa shape index (κ2) is 6.07. The van der Waals surface area contributed by atoms with Crippen molar-refractivity contribution in [3.8, 4) is 0 Å². The van der Waals surface area contributed by atoms with Gasteiger partial charge in [0.15, 0.2) is 5.82 Å². The normalized spacial score (nSPS) is 11.8. The fourth-order valence-corrected chi connectivity index (χ4v) is 2.36. The van der Waals surface area contributed by atoms with Crippen LogP contribution in [0.1, 0.15) is 37.7 Å². The van der Waals surface area contributed by atoms with Crippen molar-refractivity contribution >= 4 is 11.5 Å². The summed E-state index contributed by atoms with van der Waals surface area (Å²) in [5, 5.41) is 9.84. The fraction of sp³-hybridized carbons (Fsp3) is 0.412. The van der Waals surface area contributed by atoms with Crippen molar-refractivity contribution in [2.45, 2.75) is 39.5 Å². The molecular formula is C17H22N6O. The third-order valence-electron chi connectivity index (χ3n) is 3.85. The van der Waals surface area contributed by atoms with E-state index in [1.54, 1.807) is 6.20 Å². The Bertz CT molecular complexity index is 901. The summed E-state index contributed by atoms with van der Waals surface area (Å²) >= 11 is 0. The van der Waals surface area contributed by atoms with E-state index in [1.165, 1.54) is 4.40 Å². The van der Waals surface area contributed by atoms with Crippen LogP contribution in [0.25, 0.3) is 5.65 Å². The van der Waals surface area contributed by atoms with E-state index in [2.05, 4.69) is 52.3 Å². The minimum atomic E-state index is -0.260. The Morgan fingerprint density at radius 2 is 2.08 bits per heavy atom. The van der Waals surface area contributed by atoms with Gasteiger partial charge in [-0.1, -0.05) is 26.8 Å². The van der Waals surface area contributed by atoms with Gasteiger partial charge in [0.05, 0.1) is 5.69 Å². The first kappa shape index (κ1) is 16.2. The third-order valence-corrected chi connectivity index (χ3v) is 3.85. The van der Waals surface area contributed by atoms with Gasteiger partial charge in [-0.15, -0.1) is 5.10 Å². The van der Waals surface area contributed by atoms with E-state index in [9.17, 15) is 4.79 Å². The smallest absolute Gasteiger partial charge is 0.347 e. The van der Waals surface area contributed by atoms with Crippen LogP contribution < -0.4 is 11.0 Å². The maximum absolute atomic E-state index is 11.9. The minimum absolute atomic E-state index is 0.164. The van der Waals surface area contributed by atoms with E-state index in [-0.39, 0.29) is 11.1 Å². The van der Waals surface area contributed by atoms with Gasteiger partial charge in [0.2, 0.25) is 5.65 Å². The first-order valence-electron chi connectivity index (χ1n) is 7.98. The van der Waals surface area contributed by atoms with Gasteiger partial charge in [-0.05, 0) is 25.0 Å². The lowest BCUT2D eigenvalue weighted by Crippen LogP contribution is -2.20. The Hall–Kier alpha value is -2.70. The van der Waals surface area contributed by atoms with Crippen LogP contribution in [-0.2, 0) is 11.8 Å². The molecule has 24 heavy (non-hydrogen) atoms. The molecule has 3 aromatic rings. The van der Waals surface area contributed by atoms with Gasteiger partial charge < -0.3 is 5.32 Å². The van der Waals surface area contributed by atoms with E-state index in [4.69, 9.17) is 0 Å². The molecule has 0 radical (unpaired) electrons. The first-order chi connectivity index (χ1) is 11.3. The Balaban J connectivity index is 1.85. The minimum Gasteiger partial charge on any atom is -0.367 e. The molecule has 0 spiro atoms. The Labute approximate surface area is 140 Å². The van der Waals surface area contributed by atoms with Crippen LogP contribution >= 0.6 is 0 Å². The second-order valence-corrected chi connectivity index (χ2v) is 6.93. The quantitative estimate of drug-likeness (QED) is 0.766. The zero-order chi connectivity index (χ0) is 17.3. The number of fused-ring (bicyclic) bond motifs is 1. The summed E-state index contributed by atoms with van der Waals surface area (Å²) in [6.07, 6.45) is 4.44. The number of nitrogens with one attached hydrogen (secondary N) is 2. The highest BCUT2D eigenvalue weighted by Crippen LogP contribution is 2.22. The molecule has 0 fully saturated rings. The van der Waals surface area contributed by atoms with E-state index in [1.807, 2.05) is 19.2 Å². The van der Waals surface area contributed by atoms with Gasteiger partial charge in [0.1, 0.15) is 0 Å². The molecule has 126 valence electrons. The predicted molar refractivity (Wildman–Crippen MR) is 93.5 cm³/mol. The van der Waals surface area contributed by atoms with Crippen LogP contribution in [0.15, 0.2) is 29.3 Å². The summed E-state index contributed by atoms with van der Waals surface area (Å²) in [6, 6.07) is 4.07. The fourth-order valence-electron chi connectivity index (χ4n) is 2.36. The largest absolute Gasteiger partial charge is 0.367 e. The number of pyridine rings is 1. The standard InChI is InChI=1S/C17H22N6O/c1-11-5-6-12(9-19-11)7-8-18-14-15-21-22-16(24)23(15)10-13(20-14)17(2,3)4/h5-6,9-10H,7-8H2,1-4H3,(H,18,20)(H,22,24). The number of anilines is 1. The molecule has 3 rings (SSSR count). The predicted octanol–water partition coefficient (Wildman–Crippen LogP) is 2.07. The molecule has 7 nitrogen and oxygen atoms in total. The summed E-state index contributed by atoms with van der Waals surface area (Å²) in [6.45, 7) is 8.84. The van der Waals surface area contributed by atoms with E-state index in [0.717, 1.165) is 23.4 Å². The van der Waals surface area contributed by atoms with Crippen molar-refractivity contribution < 1.29 is 0 Å². The van der Waals surface area contributed by atoms with E-state index < -0.39 is 0 Å². The SMILES string of the molecule is Cc1ccc(CCNc2nc(C(C)(C)C)cn3c(=O)[nH]nc23)cn1. The Morgan fingerprint density at radius 3 is 2.75 bits per heavy atom. The van der Waals surface area contributed by atoms with Crippen LogP contribution in [0.4, 0.5) is 5.82 Å². The van der Waals surface area contributed by atoms with Crippen molar-refractivity contribution in [3.63, 3.8) is 0 Å². The molecule has 7 heteroatoms. The second-order valence-electron chi connectivity index (χ2n) is 6.93. The van der Waals surface area contributed by atoms with Gasteiger partial charge in [0, 0.05) is 30.0 Å². The molecule has 0 aliphatic rings. The summed E-state index contributed by atoms with van der Waals surface area (Å²) in [5.41, 5.74) is 3.07. The summed E-state index contributed by atoms with van der Waals surface area (Å²) in [7, 11) is 0. The highest BCUT2D eigenvalue weighted by atomic mass is 16.1. The number of nitrogens with zero attached hydrogens (tertiary/aromatic N) is 4. The lowest BCUT2D eigenvalue weighted by Gasteiger charge is -2.19. The van der Waals surface area contributed by atoms with Crippen molar-refractivity contribution in [2.24, 2.45) is 0 Å². The molecule has 3 aromatic heterocycles. The van der Waals surface area contributed by atoms with Gasteiger partial charge in [-0.2, -0.15) is 0 Å². The van der Waals surface area contributed by atoms with Crippen molar-refractivity contribution in [2.75, 3.05) is 11.9 Å². The number of hydrogen-bond donors (Lipinski definition) is 2. The molecule has 0 unspecified atom stereocenters. The number of hydrogen-bond acceptors (Lipinski definition) is 5. The number of H-pyrrole nitrogens is 1. The molecule has 0 aliphatic heterocycles. The lowest BCUT2D eigenvalue weighted by atomic mass is 9.93. The van der Waals surface area contributed by atoms with Gasteiger partial charge >= 0.3 is 5.69 Å². The molecule has 0 aliphatic carbocycles. The van der Waals surface area contributed by atoms with Crippen LogP contribution in [0.2, 0.25) is 0 Å². The molecule has 0 atom stereocenters. The summed E-state index contributed by atoms with van der Waals surface area (Å²) in [5.74, 6) is 0.612. The highest BCUT2D eigenvalue weighted by molar-refractivity contribution is 5.62. The molecular weight excluding hydrogens is 304 g/mol. The van der Waals surface area contributed by atoms with Gasteiger partial charge in [-0.3, -0.25) is 4.98 Å². The highest BCUT2D eigenvalue weighted by Gasteiger charge is 2.19. The van der Waals surface area contributed by atoms with E-state index >= 15 is 0 Å². The zero-order valence-corrected chi connectivity index (χ0v) is 14.4. The lowest BCUT2D eigenvalue weighted by molar-refractivity contribution is 0.565. The van der Waals surface area contributed by atoms with Gasteiger partial charge in [-0.25, -0.2) is 19.3 Å². The van der Waals surface area contributed by atoms with E-state index in [0.29, 0.717) is 18.0 Å². The summed E-state index contributed by atoms with van der Waals surface area (Å²) in [4.78, 5) is 20.9. The van der Waals surface area contributed by atoms with Gasteiger partial charge in [0.25, 0.3) is 0 Å². The molecule has 0 bridgehead atoms. The molecule has 0 saturated heterocycles. The van der Waals surface area contributed by atoms with Crippen molar-refractivity contribution in [1.82, 2.24) is 24.6 Å². The molecule has 2 N–H and O–H groups in total. The van der Waals surface area contributed by atoms with Crippen LogP contribution in [-0.4, -0.2) is 31.1 Å². The summed E-state index contributed by atoms with van der Waals surface area (Å²) < 4.78 is 1.50. The van der Waals surface area contributed by atoms with Crippen molar-refractivity contribution in [3.05, 3.63) is 52.0 Å². The van der Waals surface area contributed by atoms with Crippen LogP contribution in [0, 0.1) is 6.92 Å². The third kappa shape index (κ3) is 3.29. The topological polar surface area (TPSA) is 88.0 Å². The average Bonchev–Trinajstić information content (AvgIpc) is 2.90.